The first kappa shape index (κ1) is 14.1. The summed E-state index contributed by atoms with van der Waals surface area (Å²) in [6.45, 7) is 5.63. The van der Waals surface area contributed by atoms with Gasteiger partial charge in [-0.1, -0.05) is 13.8 Å². The molecule has 1 N–H and O–H groups in total. The summed E-state index contributed by atoms with van der Waals surface area (Å²) in [6, 6.07) is 0. The maximum Gasteiger partial charge on any atom is 0.234 e. The van der Waals surface area contributed by atoms with Crippen molar-refractivity contribution in [1.82, 2.24) is 9.97 Å². The fourth-order valence-electron chi connectivity index (χ4n) is 2.03. The molecule has 1 heterocycles. The van der Waals surface area contributed by atoms with Gasteiger partial charge in [0.15, 0.2) is 0 Å². The molecule has 1 aromatic heterocycles. The van der Waals surface area contributed by atoms with E-state index in [1.807, 2.05) is 0 Å². The average Bonchev–Trinajstić information content (AvgIpc) is 2.36. The molecule has 1 fully saturated rings. The minimum atomic E-state index is -0.0174. The van der Waals surface area contributed by atoms with Crippen molar-refractivity contribution in [3.63, 3.8) is 0 Å². The molecular formula is C14H23N3O2. The summed E-state index contributed by atoms with van der Waals surface area (Å²) in [4.78, 5) is 8.53. The van der Waals surface area contributed by atoms with Gasteiger partial charge in [0, 0.05) is 13.7 Å². The van der Waals surface area contributed by atoms with E-state index in [9.17, 15) is 0 Å². The summed E-state index contributed by atoms with van der Waals surface area (Å²) < 4.78 is 11.1. The molecule has 5 nitrogen and oxygen atoms in total. The lowest BCUT2D eigenvalue weighted by atomic mass is 9.80. The van der Waals surface area contributed by atoms with Crippen LogP contribution in [0.25, 0.3) is 0 Å². The second-order valence-corrected chi connectivity index (χ2v) is 5.54. The Bertz CT molecular complexity index is 400. The third-order valence-electron chi connectivity index (χ3n) is 3.47. The standard InChI is InChI=1S/C14H23N3O2/c1-11(2)9-19-13-8-15-7-12(17-13)16-10-14(18-3)5-4-6-14/h7-8,11H,4-6,9-10H2,1-3H3,(H,16,17). The molecule has 19 heavy (non-hydrogen) atoms. The molecule has 0 aliphatic heterocycles. The Balaban J connectivity index is 1.88. The van der Waals surface area contributed by atoms with Gasteiger partial charge in [0.25, 0.3) is 0 Å². The van der Waals surface area contributed by atoms with E-state index in [-0.39, 0.29) is 5.60 Å². The van der Waals surface area contributed by atoms with Crippen LogP contribution < -0.4 is 10.1 Å². The second kappa shape index (κ2) is 6.19. The Morgan fingerprint density at radius 1 is 1.37 bits per heavy atom. The molecule has 1 saturated carbocycles. The zero-order chi connectivity index (χ0) is 13.7. The zero-order valence-electron chi connectivity index (χ0n) is 12.0. The molecule has 1 aromatic rings. The van der Waals surface area contributed by atoms with Crippen LogP contribution >= 0.6 is 0 Å². The Kier molecular flexibility index (Phi) is 4.58. The van der Waals surface area contributed by atoms with Crippen molar-refractivity contribution in [2.24, 2.45) is 5.92 Å². The number of methoxy groups -OCH3 is 1. The van der Waals surface area contributed by atoms with Gasteiger partial charge in [-0.25, -0.2) is 0 Å². The predicted octanol–water partition coefficient (Wildman–Crippen LogP) is 2.49. The molecule has 1 aliphatic rings. The second-order valence-electron chi connectivity index (χ2n) is 5.54. The molecule has 0 spiro atoms. The van der Waals surface area contributed by atoms with E-state index in [0.717, 1.165) is 25.2 Å². The van der Waals surface area contributed by atoms with Crippen molar-refractivity contribution < 1.29 is 9.47 Å². The molecule has 0 unspecified atom stereocenters. The maximum atomic E-state index is 5.56. The van der Waals surface area contributed by atoms with E-state index in [1.54, 1.807) is 19.5 Å². The predicted molar refractivity (Wildman–Crippen MR) is 74.4 cm³/mol. The van der Waals surface area contributed by atoms with Gasteiger partial charge in [0.2, 0.25) is 5.88 Å². The van der Waals surface area contributed by atoms with E-state index in [1.165, 1.54) is 6.42 Å². The minimum absolute atomic E-state index is 0.0174. The van der Waals surface area contributed by atoms with Crippen molar-refractivity contribution in [1.29, 1.82) is 0 Å². The Labute approximate surface area is 114 Å². The normalized spacial score (nSPS) is 17.1. The lowest BCUT2D eigenvalue weighted by Crippen LogP contribution is -2.45. The van der Waals surface area contributed by atoms with Crippen LogP contribution in [0.4, 0.5) is 5.82 Å². The van der Waals surface area contributed by atoms with Crippen molar-refractivity contribution in [2.45, 2.75) is 38.7 Å². The first-order chi connectivity index (χ1) is 9.13. The molecule has 1 aliphatic carbocycles. The molecule has 106 valence electrons. The van der Waals surface area contributed by atoms with Crippen LogP contribution in [0.15, 0.2) is 12.4 Å². The lowest BCUT2D eigenvalue weighted by Gasteiger charge is -2.40. The Morgan fingerprint density at radius 2 is 2.16 bits per heavy atom. The zero-order valence-corrected chi connectivity index (χ0v) is 12.0. The van der Waals surface area contributed by atoms with Crippen LogP contribution in [0.1, 0.15) is 33.1 Å². The molecule has 0 radical (unpaired) electrons. The van der Waals surface area contributed by atoms with Gasteiger partial charge in [-0.15, -0.1) is 0 Å². The fraction of sp³-hybridized carbons (Fsp3) is 0.714. The number of anilines is 1. The van der Waals surface area contributed by atoms with E-state index in [0.29, 0.717) is 18.4 Å². The van der Waals surface area contributed by atoms with E-state index < -0.39 is 0 Å². The number of ether oxygens (including phenoxy) is 2. The van der Waals surface area contributed by atoms with Gasteiger partial charge in [0.05, 0.1) is 24.6 Å². The van der Waals surface area contributed by atoms with Crippen LogP contribution in [0.3, 0.4) is 0 Å². The SMILES string of the molecule is COC1(CNc2cncc(OCC(C)C)n2)CCC1. The molecule has 5 heteroatoms. The van der Waals surface area contributed by atoms with Crippen LogP contribution in [0.2, 0.25) is 0 Å². The highest BCUT2D eigenvalue weighted by Gasteiger charge is 2.36. The van der Waals surface area contributed by atoms with Gasteiger partial charge in [-0.2, -0.15) is 4.98 Å². The summed E-state index contributed by atoms with van der Waals surface area (Å²) in [7, 11) is 1.77. The number of nitrogens with zero attached hydrogens (tertiary/aromatic N) is 2. The topological polar surface area (TPSA) is 56.3 Å². The van der Waals surface area contributed by atoms with Crippen LogP contribution in [0.5, 0.6) is 5.88 Å². The molecular weight excluding hydrogens is 242 g/mol. The summed E-state index contributed by atoms with van der Waals surface area (Å²) in [5.74, 6) is 1.79. The first-order valence-electron chi connectivity index (χ1n) is 6.87. The van der Waals surface area contributed by atoms with Crippen molar-refractivity contribution in [3.8, 4) is 5.88 Å². The van der Waals surface area contributed by atoms with Crippen LogP contribution in [-0.2, 0) is 4.74 Å². The summed E-state index contributed by atoms with van der Waals surface area (Å²) >= 11 is 0. The third kappa shape index (κ3) is 3.80. The Morgan fingerprint density at radius 3 is 2.74 bits per heavy atom. The molecule has 0 atom stereocenters. The van der Waals surface area contributed by atoms with Crippen molar-refractivity contribution in [2.75, 3.05) is 25.6 Å². The van der Waals surface area contributed by atoms with Gasteiger partial charge in [-0.05, 0) is 25.2 Å². The van der Waals surface area contributed by atoms with Crippen LogP contribution in [0, 0.1) is 5.92 Å². The number of hydrogen-bond acceptors (Lipinski definition) is 5. The quantitative estimate of drug-likeness (QED) is 0.821. The van der Waals surface area contributed by atoms with Gasteiger partial charge in [0.1, 0.15) is 5.82 Å². The van der Waals surface area contributed by atoms with E-state index >= 15 is 0 Å². The fourth-order valence-corrected chi connectivity index (χ4v) is 2.03. The van der Waals surface area contributed by atoms with Crippen LogP contribution in [-0.4, -0.2) is 35.8 Å². The lowest BCUT2D eigenvalue weighted by molar-refractivity contribution is -0.0601. The molecule has 0 saturated heterocycles. The van der Waals surface area contributed by atoms with Gasteiger partial charge < -0.3 is 14.8 Å². The number of hydrogen-bond donors (Lipinski definition) is 1. The average molecular weight is 265 g/mol. The summed E-state index contributed by atoms with van der Waals surface area (Å²) in [5, 5.41) is 3.29. The highest BCUT2D eigenvalue weighted by atomic mass is 16.5. The number of nitrogens with one attached hydrogen (secondary N) is 1. The molecule has 0 aromatic carbocycles. The Hall–Kier alpha value is -1.36. The summed E-state index contributed by atoms with van der Waals surface area (Å²) in [5.41, 5.74) is -0.0174. The monoisotopic (exact) mass is 265 g/mol. The highest BCUT2D eigenvalue weighted by molar-refractivity contribution is 5.34. The molecule has 0 amide bonds. The summed E-state index contributed by atoms with van der Waals surface area (Å²) in [6.07, 6.45) is 6.80. The van der Waals surface area contributed by atoms with Crippen molar-refractivity contribution >= 4 is 5.82 Å². The smallest absolute Gasteiger partial charge is 0.234 e. The largest absolute Gasteiger partial charge is 0.476 e. The third-order valence-corrected chi connectivity index (χ3v) is 3.47. The van der Waals surface area contributed by atoms with E-state index in [2.05, 4.69) is 29.1 Å². The van der Waals surface area contributed by atoms with Gasteiger partial charge >= 0.3 is 0 Å². The van der Waals surface area contributed by atoms with E-state index in [4.69, 9.17) is 9.47 Å². The van der Waals surface area contributed by atoms with Crippen molar-refractivity contribution in [3.05, 3.63) is 12.4 Å². The number of aromatic nitrogens is 2. The number of rotatable bonds is 7. The highest BCUT2D eigenvalue weighted by Crippen LogP contribution is 2.34. The molecule has 0 bridgehead atoms. The van der Waals surface area contributed by atoms with Gasteiger partial charge in [-0.3, -0.25) is 4.98 Å². The molecule has 2 rings (SSSR count). The maximum absolute atomic E-state index is 5.56. The minimum Gasteiger partial charge on any atom is -0.476 e. The first-order valence-corrected chi connectivity index (χ1v) is 6.87.